The van der Waals surface area contributed by atoms with Gasteiger partial charge in [-0.3, -0.25) is 9.59 Å². The SMILES string of the molecule is CCc1ccc(C(C)CC(=O)N2CCN(C(=O)C(C)O)CC2)cc1. The van der Waals surface area contributed by atoms with E-state index in [4.69, 9.17) is 0 Å². The van der Waals surface area contributed by atoms with Crippen molar-refractivity contribution in [3.63, 3.8) is 0 Å². The van der Waals surface area contributed by atoms with Gasteiger partial charge in [-0.15, -0.1) is 0 Å². The Morgan fingerprint density at radius 1 is 1.04 bits per heavy atom. The molecule has 2 rings (SSSR count). The molecule has 1 heterocycles. The van der Waals surface area contributed by atoms with Crippen LogP contribution >= 0.6 is 0 Å². The van der Waals surface area contributed by atoms with E-state index in [2.05, 4.69) is 38.1 Å². The van der Waals surface area contributed by atoms with Crippen molar-refractivity contribution in [2.24, 2.45) is 0 Å². The van der Waals surface area contributed by atoms with Crippen LogP contribution in [0.5, 0.6) is 0 Å². The maximum Gasteiger partial charge on any atom is 0.251 e. The summed E-state index contributed by atoms with van der Waals surface area (Å²) in [6.07, 6.45) is 0.525. The highest BCUT2D eigenvalue weighted by atomic mass is 16.3. The van der Waals surface area contributed by atoms with Gasteiger partial charge in [0.2, 0.25) is 5.91 Å². The molecule has 0 bridgehead atoms. The molecule has 0 spiro atoms. The molecule has 1 aromatic rings. The van der Waals surface area contributed by atoms with E-state index in [1.807, 2.05) is 4.90 Å². The zero-order chi connectivity index (χ0) is 17.7. The van der Waals surface area contributed by atoms with Gasteiger partial charge in [-0.05, 0) is 30.4 Å². The molecule has 5 nitrogen and oxygen atoms in total. The molecule has 0 aromatic heterocycles. The van der Waals surface area contributed by atoms with Gasteiger partial charge in [-0.2, -0.15) is 0 Å². The molecule has 1 aromatic carbocycles. The zero-order valence-electron chi connectivity index (χ0n) is 14.9. The summed E-state index contributed by atoms with van der Waals surface area (Å²) in [7, 11) is 0. The van der Waals surface area contributed by atoms with Crippen LogP contribution in [-0.4, -0.2) is 59.0 Å². The predicted octanol–water partition coefficient (Wildman–Crippen LogP) is 1.79. The van der Waals surface area contributed by atoms with Gasteiger partial charge < -0.3 is 14.9 Å². The first-order chi connectivity index (χ1) is 11.4. The van der Waals surface area contributed by atoms with Gasteiger partial charge in [-0.1, -0.05) is 38.1 Å². The fraction of sp³-hybridized carbons (Fsp3) is 0.579. The molecular weight excluding hydrogens is 304 g/mol. The van der Waals surface area contributed by atoms with Crippen molar-refractivity contribution in [3.8, 4) is 0 Å². The van der Waals surface area contributed by atoms with Crippen LogP contribution in [0.4, 0.5) is 0 Å². The lowest BCUT2D eigenvalue weighted by Gasteiger charge is -2.35. The van der Waals surface area contributed by atoms with E-state index < -0.39 is 6.10 Å². The summed E-state index contributed by atoms with van der Waals surface area (Å²) in [5, 5.41) is 9.36. The van der Waals surface area contributed by atoms with Crippen LogP contribution in [0, 0.1) is 0 Å². The largest absolute Gasteiger partial charge is 0.384 e. The number of carbonyl (C=O) groups excluding carboxylic acids is 2. The number of aliphatic hydroxyl groups excluding tert-OH is 1. The molecular formula is C19H28N2O3. The first-order valence-electron chi connectivity index (χ1n) is 8.75. The Hall–Kier alpha value is -1.88. The van der Waals surface area contributed by atoms with Gasteiger partial charge in [0.1, 0.15) is 6.10 Å². The number of rotatable bonds is 5. The number of piperazine rings is 1. The van der Waals surface area contributed by atoms with Crippen LogP contribution < -0.4 is 0 Å². The highest BCUT2D eigenvalue weighted by Crippen LogP contribution is 2.21. The summed E-state index contributed by atoms with van der Waals surface area (Å²) in [5.74, 6) is 0.0539. The fourth-order valence-electron chi connectivity index (χ4n) is 3.03. The lowest BCUT2D eigenvalue weighted by molar-refractivity contribution is -0.144. The quantitative estimate of drug-likeness (QED) is 0.894. The first kappa shape index (κ1) is 18.5. The van der Waals surface area contributed by atoms with Gasteiger partial charge in [0.15, 0.2) is 0 Å². The monoisotopic (exact) mass is 332 g/mol. The van der Waals surface area contributed by atoms with Crippen molar-refractivity contribution in [1.82, 2.24) is 9.80 Å². The van der Waals surface area contributed by atoms with Crippen molar-refractivity contribution < 1.29 is 14.7 Å². The summed E-state index contributed by atoms with van der Waals surface area (Å²) < 4.78 is 0. The first-order valence-corrected chi connectivity index (χ1v) is 8.75. The highest BCUT2D eigenvalue weighted by Gasteiger charge is 2.26. The molecule has 1 aliphatic heterocycles. The molecule has 2 unspecified atom stereocenters. The minimum Gasteiger partial charge on any atom is -0.384 e. The van der Waals surface area contributed by atoms with Crippen LogP contribution in [-0.2, 0) is 16.0 Å². The Morgan fingerprint density at radius 2 is 1.58 bits per heavy atom. The number of carbonyl (C=O) groups is 2. The number of aliphatic hydroxyl groups is 1. The normalized spacial score (nSPS) is 17.5. The molecule has 132 valence electrons. The lowest BCUT2D eigenvalue weighted by Crippen LogP contribution is -2.52. The third-order valence-corrected chi connectivity index (χ3v) is 4.74. The summed E-state index contributed by atoms with van der Waals surface area (Å²) in [6.45, 7) is 7.75. The van der Waals surface area contributed by atoms with Crippen molar-refractivity contribution in [2.75, 3.05) is 26.2 Å². The second kappa shape index (κ2) is 8.29. The van der Waals surface area contributed by atoms with Crippen molar-refractivity contribution in [2.45, 2.75) is 45.6 Å². The van der Waals surface area contributed by atoms with Crippen LogP contribution in [0.2, 0.25) is 0 Å². The number of hydrogen-bond acceptors (Lipinski definition) is 3. The minimum absolute atomic E-state index is 0.131. The second-order valence-corrected chi connectivity index (χ2v) is 6.58. The predicted molar refractivity (Wildman–Crippen MR) is 93.7 cm³/mol. The Balaban J connectivity index is 1.85. The molecule has 0 saturated carbocycles. The van der Waals surface area contributed by atoms with E-state index in [-0.39, 0.29) is 17.7 Å². The van der Waals surface area contributed by atoms with Gasteiger partial charge in [-0.25, -0.2) is 0 Å². The Labute approximate surface area is 144 Å². The molecule has 0 radical (unpaired) electrons. The molecule has 5 heteroatoms. The second-order valence-electron chi connectivity index (χ2n) is 6.58. The minimum atomic E-state index is -0.974. The van der Waals surface area contributed by atoms with Crippen molar-refractivity contribution in [3.05, 3.63) is 35.4 Å². The third-order valence-electron chi connectivity index (χ3n) is 4.74. The van der Waals surface area contributed by atoms with Gasteiger partial charge >= 0.3 is 0 Å². The van der Waals surface area contributed by atoms with E-state index in [0.717, 1.165) is 6.42 Å². The van der Waals surface area contributed by atoms with E-state index >= 15 is 0 Å². The maximum atomic E-state index is 12.5. The molecule has 0 aliphatic carbocycles. The van der Waals surface area contributed by atoms with Gasteiger partial charge in [0.05, 0.1) is 0 Å². The number of benzene rings is 1. The van der Waals surface area contributed by atoms with Crippen LogP contribution in [0.1, 0.15) is 44.2 Å². The summed E-state index contributed by atoms with van der Waals surface area (Å²) in [5.41, 5.74) is 2.49. The third kappa shape index (κ3) is 4.57. The number of hydrogen-bond donors (Lipinski definition) is 1. The lowest BCUT2D eigenvalue weighted by atomic mass is 9.95. The van der Waals surface area contributed by atoms with E-state index in [0.29, 0.717) is 32.6 Å². The van der Waals surface area contributed by atoms with Gasteiger partial charge in [0.25, 0.3) is 5.91 Å². The fourth-order valence-corrected chi connectivity index (χ4v) is 3.03. The van der Waals surface area contributed by atoms with Crippen molar-refractivity contribution >= 4 is 11.8 Å². The topological polar surface area (TPSA) is 60.9 Å². The standard InChI is InChI=1S/C19H28N2O3/c1-4-16-5-7-17(8-6-16)14(2)13-18(23)20-9-11-21(12-10-20)19(24)15(3)22/h5-8,14-15,22H,4,9-13H2,1-3H3. The summed E-state index contributed by atoms with van der Waals surface area (Å²) in [4.78, 5) is 27.7. The van der Waals surface area contributed by atoms with Gasteiger partial charge in [0, 0.05) is 32.6 Å². The van der Waals surface area contributed by atoms with Crippen LogP contribution in [0.3, 0.4) is 0 Å². The molecule has 1 fully saturated rings. The summed E-state index contributed by atoms with van der Waals surface area (Å²) >= 11 is 0. The average Bonchev–Trinajstić information content (AvgIpc) is 2.61. The van der Waals surface area contributed by atoms with Crippen LogP contribution in [0.15, 0.2) is 24.3 Å². The molecule has 24 heavy (non-hydrogen) atoms. The molecule has 1 aliphatic rings. The Bertz CT molecular complexity index is 560. The number of amides is 2. The summed E-state index contributed by atoms with van der Waals surface area (Å²) in [6, 6.07) is 8.46. The molecule has 2 atom stereocenters. The molecule has 2 amide bonds. The smallest absolute Gasteiger partial charge is 0.251 e. The zero-order valence-corrected chi connectivity index (χ0v) is 14.9. The number of aryl methyl sites for hydroxylation is 1. The Morgan fingerprint density at radius 3 is 2.08 bits per heavy atom. The highest BCUT2D eigenvalue weighted by molar-refractivity contribution is 5.81. The van der Waals surface area contributed by atoms with E-state index in [1.54, 1.807) is 4.90 Å². The van der Waals surface area contributed by atoms with E-state index in [9.17, 15) is 14.7 Å². The van der Waals surface area contributed by atoms with Crippen LogP contribution in [0.25, 0.3) is 0 Å². The van der Waals surface area contributed by atoms with E-state index in [1.165, 1.54) is 18.1 Å². The number of nitrogens with zero attached hydrogens (tertiary/aromatic N) is 2. The maximum absolute atomic E-state index is 12.5. The average molecular weight is 332 g/mol. The molecule has 1 saturated heterocycles. The molecule has 1 N–H and O–H groups in total. The Kier molecular flexibility index (Phi) is 6.37. The van der Waals surface area contributed by atoms with Crippen molar-refractivity contribution in [1.29, 1.82) is 0 Å².